The predicted octanol–water partition coefficient (Wildman–Crippen LogP) is 1.08. The number of likely N-dealkylation sites (N-methyl/N-ethyl adjacent to an activating group) is 1. The van der Waals surface area contributed by atoms with Crippen molar-refractivity contribution in [2.45, 2.75) is 38.6 Å². The van der Waals surface area contributed by atoms with E-state index in [9.17, 15) is 8.42 Å². The van der Waals surface area contributed by atoms with Gasteiger partial charge in [0.15, 0.2) is 0 Å². The van der Waals surface area contributed by atoms with Crippen LogP contribution in [0.25, 0.3) is 0 Å². The Hall–Kier alpha value is -1.18. The molecule has 0 saturated carbocycles. The number of aliphatic hydroxyl groups excluding tert-OH is 1. The molecule has 1 N–H and O–H groups in total. The van der Waals surface area contributed by atoms with Crippen molar-refractivity contribution in [3.05, 3.63) is 24.0 Å². The fraction of sp³-hybridized carbons (Fsp3) is 0.615. The van der Waals surface area contributed by atoms with Crippen LogP contribution in [-0.2, 0) is 16.6 Å². The van der Waals surface area contributed by atoms with Crippen molar-refractivity contribution in [1.82, 2.24) is 14.1 Å². The third-order valence-electron chi connectivity index (χ3n) is 3.13. The van der Waals surface area contributed by atoms with Crippen molar-refractivity contribution in [2.75, 3.05) is 19.7 Å². The number of hydrogen-bond donors (Lipinski definition) is 1. The van der Waals surface area contributed by atoms with Gasteiger partial charge in [0, 0.05) is 26.2 Å². The van der Waals surface area contributed by atoms with Crippen LogP contribution in [0.1, 0.15) is 24.7 Å². The van der Waals surface area contributed by atoms with Crippen LogP contribution >= 0.6 is 0 Å². The lowest BCUT2D eigenvalue weighted by Gasteiger charge is -2.18. The molecule has 1 aromatic heterocycles. The lowest BCUT2D eigenvalue weighted by molar-refractivity contribution is 0.276. The number of sulfonamides is 1. The molecule has 1 aromatic rings. The van der Waals surface area contributed by atoms with E-state index in [2.05, 4.69) is 11.7 Å². The van der Waals surface area contributed by atoms with Crippen molar-refractivity contribution >= 4 is 10.0 Å². The van der Waals surface area contributed by atoms with Gasteiger partial charge in [0.25, 0.3) is 0 Å². The Bertz CT molecular complexity index is 564. The predicted molar refractivity (Wildman–Crippen MR) is 78.0 cm³/mol. The minimum absolute atomic E-state index is 0.0536. The standard InChI is InChI=1S/C13H23N3O3S/c1-5-8-15(6-2)20(18,19)13-11(3)14-16(12(13)4)9-7-10-17/h5,17H,1,6-10H2,2-4H3. The fourth-order valence-corrected chi connectivity index (χ4v) is 3.95. The van der Waals surface area contributed by atoms with Crippen LogP contribution in [0.2, 0.25) is 0 Å². The molecule has 0 spiro atoms. The summed E-state index contributed by atoms with van der Waals surface area (Å²) in [4.78, 5) is 0.263. The van der Waals surface area contributed by atoms with E-state index in [1.165, 1.54) is 4.31 Å². The Balaban J connectivity index is 3.24. The third kappa shape index (κ3) is 3.28. The first-order valence-corrected chi connectivity index (χ1v) is 8.10. The molecule has 0 amide bonds. The highest BCUT2D eigenvalue weighted by atomic mass is 32.2. The molecule has 0 fully saturated rings. The van der Waals surface area contributed by atoms with E-state index in [0.29, 0.717) is 30.9 Å². The molecule has 0 radical (unpaired) electrons. The molecule has 6 nitrogen and oxygen atoms in total. The lowest BCUT2D eigenvalue weighted by Crippen LogP contribution is -2.31. The fourth-order valence-electron chi connectivity index (χ4n) is 2.16. The summed E-state index contributed by atoms with van der Waals surface area (Å²) in [7, 11) is -3.56. The zero-order valence-electron chi connectivity index (χ0n) is 12.3. The van der Waals surface area contributed by atoms with Gasteiger partial charge in [-0.3, -0.25) is 4.68 Å². The molecule has 0 aromatic carbocycles. The Kier molecular flexibility index (Phi) is 5.91. The second-order valence-corrected chi connectivity index (χ2v) is 6.42. The molecule has 0 unspecified atom stereocenters. The third-order valence-corrected chi connectivity index (χ3v) is 5.32. The van der Waals surface area contributed by atoms with E-state index < -0.39 is 10.0 Å². The maximum Gasteiger partial charge on any atom is 0.247 e. The van der Waals surface area contributed by atoms with E-state index in [0.717, 1.165) is 0 Å². The van der Waals surface area contributed by atoms with Crippen LogP contribution in [0.3, 0.4) is 0 Å². The summed E-state index contributed by atoms with van der Waals surface area (Å²) in [5.74, 6) is 0. The number of aliphatic hydroxyl groups is 1. The molecule has 0 aliphatic heterocycles. The van der Waals surface area contributed by atoms with Crippen LogP contribution in [0.5, 0.6) is 0 Å². The summed E-state index contributed by atoms with van der Waals surface area (Å²) in [6.45, 7) is 10.0. The van der Waals surface area contributed by atoms with Gasteiger partial charge in [-0.25, -0.2) is 8.42 Å². The molecular weight excluding hydrogens is 278 g/mol. The van der Waals surface area contributed by atoms with Crippen LogP contribution in [0.4, 0.5) is 0 Å². The Morgan fingerprint density at radius 1 is 1.45 bits per heavy atom. The number of rotatable bonds is 8. The highest BCUT2D eigenvalue weighted by molar-refractivity contribution is 7.89. The molecule has 1 rings (SSSR count). The van der Waals surface area contributed by atoms with Gasteiger partial charge >= 0.3 is 0 Å². The summed E-state index contributed by atoms with van der Waals surface area (Å²) < 4.78 is 28.3. The quantitative estimate of drug-likeness (QED) is 0.729. The normalized spacial score (nSPS) is 12.1. The SMILES string of the molecule is C=CCN(CC)S(=O)(=O)c1c(C)nn(CCCO)c1C. The average Bonchev–Trinajstić information content (AvgIpc) is 2.68. The maximum atomic E-state index is 12.7. The number of aryl methyl sites for hydroxylation is 2. The monoisotopic (exact) mass is 301 g/mol. The Labute approximate surface area is 120 Å². The number of nitrogens with zero attached hydrogens (tertiary/aromatic N) is 3. The van der Waals surface area contributed by atoms with E-state index in [1.54, 1.807) is 31.5 Å². The smallest absolute Gasteiger partial charge is 0.247 e. The van der Waals surface area contributed by atoms with Crippen molar-refractivity contribution in [3.63, 3.8) is 0 Å². The molecule has 20 heavy (non-hydrogen) atoms. The summed E-state index contributed by atoms with van der Waals surface area (Å²) in [6, 6.07) is 0. The summed E-state index contributed by atoms with van der Waals surface area (Å²) in [5.41, 5.74) is 1.10. The number of aromatic nitrogens is 2. The van der Waals surface area contributed by atoms with Crippen molar-refractivity contribution in [3.8, 4) is 0 Å². The molecule has 0 aliphatic carbocycles. The molecule has 0 aliphatic rings. The van der Waals surface area contributed by atoms with Gasteiger partial charge < -0.3 is 5.11 Å². The van der Waals surface area contributed by atoms with E-state index in [1.807, 2.05) is 0 Å². The minimum atomic E-state index is -3.56. The topological polar surface area (TPSA) is 75.4 Å². The second-order valence-electron chi connectivity index (χ2n) is 4.54. The molecule has 0 atom stereocenters. The van der Waals surface area contributed by atoms with Crippen molar-refractivity contribution in [2.24, 2.45) is 0 Å². The first-order valence-electron chi connectivity index (χ1n) is 6.66. The largest absolute Gasteiger partial charge is 0.396 e. The van der Waals surface area contributed by atoms with Gasteiger partial charge in [0.05, 0.1) is 11.4 Å². The summed E-state index contributed by atoms with van der Waals surface area (Å²) in [5, 5.41) is 13.1. The first-order chi connectivity index (χ1) is 9.39. The van der Waals surface area contributed by atoms with Gasteiger partial charge in [0.2, 0.25) is 10.0 Å². The Morgan fingerprint density at radius 3 is 2.60 bits per heavy atom. The van der Waals surface area contributed by atoms with Crippen LogP contribution in [-0.4, -0.2) is 47.3 Å². The molecule has 0 bridgehead atoms. The Morgan fingerprint density at radius 2 is 2.10 bits per heavy atom. The minimum Gasteiger partial charge on any atom is -0.396 e. The van der Waals surface area contributed by atoms with Crippen LogP contribution in [0, 0.1) is 13.8 Å². The lowest BCUT2D eigenvalue weighted by atomic mass is 10.4. The molecule has 1 heterocycles. The molecule has 114 valence electrons. The van der Waals surface area contributed by atoms with E-state index in [-0.39, 0.29) is 18.0 Å². The van der Waals surface area contributed by atoms with Gasteiger partial charge in [0.1, 0.15) is 4.90 Å². The van der Waals surface area contributed by atoms with E-state index in [4.69, 9.17) is 5.11 Å². The van der Waals surface area contributed by atoms with Crippen molar-refractivity contribution < 1.29 is 13.5 Å². The summed E-state index contributed by atoms with van der Waals surface area (Å²) in [6.07, 6.45) is 2.12. The summed E-state index contributed by atoms with van der Waals surface area (Å²) >= 11 is 0. The van der Waals surface area contributed by atoms with Gasteiger partial charge in [-0.1, -0.05) is 13.0 Å². The zero-order chi connectivity index (χ0) is 15.3. The highest BCUT2D eigenvalue weighted by Crippen LogP contribution is 2.23. The second kappa shape index (κ2) is 7.01. The maximum absolute atomic E-state index is 12.7. The highest BCUT2D eigenvalue weighted by Gasteiger charge is 2.29. The number of hydrogen-bond acceptors (Lipinski definition) is 4. The van der Waals surface area contributed by atoms with Gasteiger partial charge in [-0.2, -0.15) is 9.40 Å². The van der Waals surface area contributed by atoms with Gasteiger partial charge in [-0.05, 0) is 20.3 Å². The molecule has 0 saturated heterocycles. The van der Waals surface area contributed by atoms with Gasteiger partial charge in [-0.15, -0.1) is 6.58 Å². The van der Waals surface area contributed by atoms with Crippen LogP contribution in [0.15, 0.2) is 17.6 Å². The first kappa shape index (κ1) is 16.9. The van der Waals surface area contributed by atoms with Crippen LogP contribution < -0.4 is 0 Å². The zero-order valence-corrected chi connectivity index (χ0v) is 13.2. The molecular formula is C13H23N3O3S. The molecule has 7 heteroatoms. The van der Waals surface area contributed by atoms with E-state index >= 15 is 0 Å². The average molecular weight is 301 g/mol. The van der Waals surface area contributed by atoms with Crippen molar-refractivity contribution in [1.29, 1.82) is 0 Å².